The quantitative estimate of drug-likeness (QED) is 0.905. The van der Waals surface area contributed by atoms with Crippen molar-refractivity contribution in [1.29, 1.82) is 5.26 Å². The van der Waals surface area contributed by atoms with E-state index in [1.54, 1.807) is 12.1 Å². The molecule has 1 aromatic carbocycles. The summed E-state index contributed by atoms with van der Waals surface area (Å²) in [5.41, 5.74) is 1.44. The van der Waals surface area contributed by atoms with Crippen LogP contribution in [0.1, 0.15) is 29.3 Å². The van der Waals surface area contributed by atoms with E-state index in [4.69, 9.17) is 5.11 Å². The molecule has 0 amide bonds. The number of carboxylic acids is 1. The van der Waals surface area contributed by atoms with Crippen molar-refractivity contribution in [2.75, 3.05) is 37.6 Å². The highest BCUT2D eigenvalue weighted by atomic mass is 16.4. The number of hydrogen-bond acceptors (Lipinski definition) is 4. The third-order valence-electron chi connectivity index (χ3n) is 3.62. The zero-order valence-corrected chi connectivity index (χ0v) is 11.7. The van der Waals surface area contributed by atoms with Crippen LogP contribution < -0.4 is 4.90 Å². The molecule has 0 unspecified atom stereocenters. The molecule has 1 aliphatic heterocycles. The maximum atomic E-state index is 10.9. The molecule has 0 radical (unpaired) electrons. The lowest BCUT2D eigenvalue weighted by atomic mass is 10.1. The Morgan fingerprint density at radius 2 is 2.05 bits per heavy atom. The highest BCUT2D eigenvalue weighted by Crippen LogP contribution is 2.23. The van der Waals surface area contributed by atoms with E-state index in [-0.39, 0.29) is 5.56 Å². The van der Waals surface area contributed by atoms with E-state index < -0.39 is 5.97 Å². The summed E-state index contributed by atoms with van der Waals surface area (Å²) in [4.78, 5) is 15.5. The van der Waals surface area contributed by atoms with Crippen LogP contribution in [0.25, 0.3) is 0 Å². The van der Waals surface area contributed by atoms with Gasteiger partial charge in [0.1, 0.15) is 6.07 Å². The van der Waals surface area contributed by atoms with Gasteiger partial charge in [-0.25, -0.2) is 4.79 Å². The molecule has 1 aliphatic rings. The van der Waals surface area contributed by atoms with Crippen LogP contribution in [0, 0.1) is 11.3 Å². The van der Waals surface area contributed by atoms with Crippen molar-refractivity contribution >= 4 is 11.7 Å². The van der Waals surface area contributed by atoms with Gasteiger partial charge < -0.3 is 10.0 Å². The molecule has 0 aromatic heterocycles. The maximum Gasteiger partial charge on any atom is 0.335 e. The van der Waals surface area contributed by atoms with Crippen molar-refractivity contribution in [3.63, 3.8) is 0 Å². The number of nitriles is 1. The summed E-state index contributed by atoms with van der Waals surface area (Å²) in [7, 11) is 0. The van der Waals surface area contributed by atoms with Crippen molar-refractivity contribution in [2.24, 2.45) is 0 Å². The van der Waals surface area contributed by atoms with Crippen LogP contribution in [0.3, 0.4) is 0 Å². The summed E-state index contributed by atoms with van der Waals surface area (Å²) >= 11 is 0. The molecule has 0 aliphatic carbocycles. The first-order chi connectivity index (χ1) is 9.65. The largest absolute Gasteiger partial charge is 0.478 e. The van der Waals surface area contributed by atoms with Crippen LogP contribution in [0.2, 0.25) is 0 Å². The molecule has 1 fully saturated rings. The lowest BCUT2D eigenvalue weighted by Crippen LogP contribution is -2.46. The fourth-order valence-electron chi connectivity index (χ4n) is 2.56. The summed E-state index contributed by atoms with van der Waals surface area (Å²) < 4.78 is 0. The van der Waals surface area contributed by atoms with Crippen molar-refractivity contribution < 1.29 is 9.90 Å². The predicted molar refractivity (Wildman–Crippen MR) is 77.1 cm³/mol. The monoisotopic (exact) mass is 273 g/mol. The number of nitrogens with zero attached hydrogens (tertiary/aromatic N) is 3. The normalized spacial score (nSPS) is 15.9. The van der Waals surface area contributed by atoms with Crippen molar-refractivity contribution in [2.45, 2.75) is 13.3 Å². The molecule has 1 heterocycles. The summed E-state index contributed by atoms with van der Waals surface area (Å²) in [5, 5.41) is 18.2. The Kier molecular flexibility index (Phi) is 4.59. The highest BCUT2D eigenvalue weighted by molar-refractivity contribution is 5.89. The fraction of sp³-hybridized carbons (Fsp3) is 0.467. The van der Waals surface area contributed by atoms with Crippen LogP contribution in [0.15, 0.2) is 18.2 Å². The molecule has 2 rings (SSSR count). The Labute approximate surface area is 119 Å². The number of carbonyl (C=O) groups is 1. The average Bonchev–Trinajstić information content (AvgIpc) is 2.47. The van der Waals surface area contributed by atoms with Crippen LogP contribution >= 0.6 is 0 Å². The topological polar surface area (TPSA) is 67.6 Å². The molecular weight excluding hydrogens is 254 g/mol. The van der Waals surface area contributed by atoms with Crippen molar-refractivity contribution in [3.8, 4) is 6.07 Å². The number of aromatic carboxylic acids is 1. The van der Waals surface area contributed by atoms with Crippen LogP contribution in [-0.2, 0) is 0 Å². The summed E-state index contributed by atoms with van der Waals surface area (Å²) in [5.74, 6) is -0.999. The number of hydrogen-bond donors (Lipinski definition) is 1. The van der Waals surface area contributed by atoms with Gasteiger partial charge in [0.2, 0.25) is 0 Å². The first-order valence-electron chi connectivity index (χ1n) is 6.90. The standard InChI is InChI=1S/C15H19N3O2/c1-2-5-17-6-8-18(9-7-17)14-4-3-12(15(19)20)10-13(14)11-16/h3-4,10H,2,5-9H2,1H3,(H,19,20). The first kappa shape index (κ1) is 14.4. The van der Waals surface area contributed by atoms with Gasteiger partial charge >= 0.3 is 5.97 Å². The number of anilines is 1. The summed E-state index contributed by atoms with van der Waals surface area (Å²) in [6.45, 7) is 7.00. The minimum absolute atomic E-state index is 0.162. The Bertz CT molecular complexity index is 528. The molecule has 0 spiro atoms. The molecule has 0 saturated carbocycles. The van der Waals surface area contributed by atoms with Crippen molar-refractivity contribution in [3.05, 3.63) is 29.3 Å². The minimum Gasteiger partial charge on any atom is -0.478 e. The average molecular weight is 273 g/mol. The zero-order valence-electron chi connectivity index (χ0n) is 11.7. The Morgan fingerprint density at radius 3 is 2.60 bits per heavy atom. The van der Waals surface area contributed by atoms with Gasteiger partial charge in [-0.05, 0) is 31.2 Å². The molecule has 0 bridgehead atoms. The second kappa shape index (κ2) is 6.40. The van der Waals surface area contributed by atoms with Gasteiger partial charge in [-0.1, -0.05) is 6.92 Å². The lowest BCUT2D eigenvalue weighted by molar-refractivity contribution is 0.0697. The van der Waals surface area contributed by atoms with Gasteiger partial charge in [0.15, 0.2) is 0 Å². The van der Waals surface area contributed by atoms with E-state index in [0.29, 0.717) is 5.56 Å². The number of benzene rings is 1. The number of piperazine rings is 1. The number of carboxylic acid groups (broad SMARTS) is 1. The van der Waals surface area contributed by atoms with E-state index in [1.807, 2.05) is 0 Å². The second-order valence-corrected chi connectivity index (χ2v) is 4.98. The molecule has 0 atom stereocenters. The van der Waals surface area contributed by atoms with E-state index >= 15 is 0 Å². The van der Waals surface area contributed by atoms with Gasteiger partial charge in [-0.3, -0.25) is 4.90 Å². The molecule has 1 aromatic rings. The maximum absolute atomic E-state index is 10.9. The van der Waals surface area contributed by atoms with E-state index in [1.165, 1.54) is 6.07 Å². The summed E-state index contributed by atoms with van der Waals surface area (Å²) in [6.07, 6.45) is 1.15. The van der Waals surface area contributed by atoms with E-state index in [0.717, 1.165) is 44.8 Å². The van der Waals surface area contributed by atoms with Crippen LogP contribution in [-0.4, -0.2) is 48.7 Å². The predicted octanol–water partition coefficient (Wildman–Crippen LogP) is 1.79. The van der Waals surface area contributed by atoms with Gasteiger partial charge in [-0.2, -0.15) is 5.26 Å². The van der Waals surface area contributed by atoms with Gasteiger partial charge in [0, 0.05) is 26.2 Å². The molecule has 1 N–H and O–H groups in total. The summed E-state index contributed by atoms with van der Waals surface area (Å²) in [6, 6.07) is 6.87. The smallest absolute Gasteiger partial charge is 0.335 e. The van der Waals surface area contributed by atoms with Gasteiger partial charge in [0.05, 0.1) is 16.8 Å². The Balaban J connectivity index is 2.14. The zero-order chi connectivity index (χ0) is 14.5. The Morgan fingerprint density at radius 1 is 1.35 bits per heavy atom. The SMILES string of the molecule is CCCN1CCN(c2ccc(C(=O)O)cc2C#N)CC1. The molecule has 5 heteroatoms. The molecular formula is C15H19N3O2. The highest BCUT2D eigenvalue weighted by Gasteiger charge is 2.19. The Hall–Kier alpha value is -2.06. The van der Waals surface area contributed by atoms with Crippen molar-refractivity contribution in [1.82, 2.24) is 4.90 Å². The molecule has 1 saturated heterocycles. The third-order valence-corrected chi connectivity index (χ3v) is 3.62. The van der Waals surface area contributed by atoms with Crippen LogP contribution in [0.5, 0.6) is 0 Å². The van der Waals surface area contributed by atoms with Gasteiger partial charge in [-0.15, -0.1) is 0 Å². The molecule has 5 nitrogen and oxygen atoms in total. The number of rotatable bonds is 4. The lowest BCUT2D eigenvalue weighted by Gasteiger charge is -2.36. The molecule has 20 heavy (non-hydrogen) atoms. The first-order valence-corrected chi connectivity index (χ1v) is 6.90. The second-order valence-electron chi connectivity index (χ2n) is 4.98. The van der Waals surface area contributed by atoms with Gasteiger partial charge in [0.25, 0.3) is 0 Å². The molecule has 106 valence electrons. The van der Waals surface area contributed by atoms with E-state index in [9.17, 15) is 10.1 Å². The van der Waals surface area contributed by atoms with E-state index in [2.05, 4.69) is 22.8 Å². The third kappa shape index (κ3) is 3.09. The minimum atomic E-state index is -0.999. The van der Waals surface area contributed by atoms with Crippen LogP contribution in [0.4, 0.5) is 5.69 Å². The fourth-order valence-corrected chi connectivity index (χ4v) is 2.56.